The Hall–Kier alpha value is 0.394. The first-order valence-electron chi connectivity index (χ1n) is 1.62. The van der Waals surface area contributed by atoms with Crippen LogP contribution in [0.4, 0.5) is 0 Å². The molecule has 0 aromatic rings. The summed E-state index contributed by atoms with van der Waals surface area (Å²) in [6.45, 7) is 2.26. The zero-order chi connectivity index (χ0) is 3.41. The minimum absolute atomic E-state index is 0.0633. The van der Waals surface area contributed by atoms with E-state index in [0.717, 1.165) is 0 Å². The fraction of sp³-hybridized carbons (Fsp3) is 1.00. The maximum absolute atomic E-state index is 5.23. The van der Waals surface area contributed by atoms with Crippen molar-refractivity contribution in [2.24, 2.45) is 5.40 Å². The summed E-state index contributed by atoms with van der Waals surface area (Å²) < 4.78 is 0. The van der Waals surface area contributed by atoms with Crippen molar-refractivity contribution in [3.05, 3.63) is 0 Å². The van der Waals surface area contributed by atoms with Crippen molar-refractivity contribution in [3.8, 4) is 0 Å². The van der Waals surface area contributed by atoms with Crippen molar-refractivity contribution >= 4 is 18.2 Å². The molecule has 4 heavy (non-hydrogen) atoms. The number of rotatable bonds is 1. The SMILES string of the molecule is C[SiH2][SiH2]N. The van der Waals surface area contributed by atoms with Crippen molar-refractivity contribution in [1.82, 2.24) is 0 Å². The Bertz CT molecular complexity index is 8.00. The Morgan fingerprint density at radius 1 is 1.75 bits per heavy atom. The summed E-state index contributed by atoms with van der Waals surface area (Å²) in [6, 6.07) is 0. The van der Waals surface area contributed by atoms with Crippen LogP contribution in [0.15, 0.2) is 0 Å². The highest BCUT2D eigenvalue weighted by molar-refractivity contribution is 6.98. The van der Waals surface area contributed by atoms with Crippen molar-refractivity contribution in [1.29, 1.82) is 0 Å². The molecule has 0 aliphatic heterocycles. The molecule has 0 rings (SSSR count). The molecular formula is CH9NSi2. The zero-order valence-electron chi connectivity index (χ0n) is 2.99. The number of hydrogen-bond donors (Lipinski definition) is 1. The van der Waals surface area contributed by atoms with Gasteiger partial charge in [0.1, 0.15) is 0 Å². The predicted molar refractivity (Wildman–Crippen MR) is 27.1 cm³/mol. The Labute approximate surface area is 31.1 Å². The van der Waals surface area contributed by atoms with Crippen LogP contribution in [0, 0.1) is 0 Å². The largest absolute Gasteiger partial charge is 0.358 e. The highest BCUT2D eigenvalue weighted by Gasteiger charge is 1.60. The van der Waals surface area contributed by atoms with Crippen LogP contribution in [-0.2, 0) is 0 Å². The van der Waals surface area contributed by atoms with Gasteiger partial charge in [-0.3, -0.25) is 0 Å². The molecular weight excluding hydrogens is 82.2 g/mol. The van der Waals surface area contributed by atoms with Gasteiger partial charge in [-0.1, -0.05) is 6.55 Å². The normalized spacial score (nSPS) is 13.5. The van der Waals surface area contributed by atoms with Gasteiger partial charge in [0.25, 0.3) is 0 Å². The smallest absolute Gasteiger partial charge is 0.0725 e. The lowest BCUT2D eigenvalue weighted by atomic mass is 11.9. The van der Waals surface area contributed by atoms with E-state index in [9.17, 15) is 0 Å². The molecule has 0 heterocycles. The highest BCUT2D eigenvalue weighted by atomic mass is 29.1. The Morgan fingerprint density at radius 2 is 2.00 bits per heavy atom. The van der Waals surface area contributed by atoms with Crippen LogP contribution in [-0.4, -0.2) is 18.2 Å². The van der Waals surface area contributed by atoms with Gasteiger partial charge in [0.2, 0.25) is 0 Å². The third kappa shape index (κ3) is 2.39. The summed E-state index contributed by atoms with van der Waals surface area (Å²) in [5.74, 6) is 0. The molecule has 0 unspecified atom stereocenters. The monoisotopic (exact) mass is 91.0 g/mol. The molecule has 0 saturated carbocycles. The second-order valence-electron chi connectivity index (χ2n) is 0.789. The first kappa shape index (κ1) is 4.39. The minimum Gasteiger partial charge on any atom is -0.358 e. The van der Waals surface area contributed by atoms with Gasteiger partial charge in [-0.25, -0.2) is 0 Å². The van der Waals surface area contributed by atoms with Crippen LogP contribution < -0.4 is 5.40 Å². The van der Waals surface area contributed by atoms with Crippen LogP contribution in [0.1, 0.15) is 0 Å². The number of hydrogen-bond acceptors (Lipinski definition) is 1. The standard InChI is InChI=1S/CH9NSi2/c1-3-4-2/h2-4H2,1H3. The third-order valence-electron chi connectivity index (χ3n) is 0.289. The Morgan fingerprint density at radius 3 is 2.00 bits per heavy atom. The summed E-state index contributed by atoms with van der Waals surface area (Å²) in [5.41, 5.74) is 0. The lowest BCUT2D eigenvalue weighted by Crippen LogP contribution is -2.09. The maximum atomic E-state index is 5.23. The van der Waals surface area contributed by atoms with Gasteiger partial charge < -0.3 is 5.40 Å². The molecule has 0 atom stereocenters. The summed E-state index contributed by atoms with van der Waals surface area (Å²) in [7, 11) is 0.404. The van der Waals surface area contributed by atoms with Gasteiger partial charge in [0.05, 0.1) is 9.20 Å². The summed E-state index contributed by atoms with van der Waals surface area (Å²) in [5, 5.41) is 5.23. The molecule has 0 aliphatic rings. The van der Waals surface area contributed by atoms with Crippen LogP contribution in [0.5, 0.6) is 0 Å². The van der Waals surface area contributed by atoms with Crippen LogP contribution in [0.25, 0.3) is 0 Å². The molecule has 0 aliphatic carbocycles. The van der Waals surface area contributed by atoms with Gasteiger partial charge in [-0.05, 0) is 0 Å². The highest BCUT2D eigenvalue weighted by Crippen LogP contribution is 1.32. The van der Waals surface area contributed by atoms with Gasteiger partial charge in [-0.2, -0.15) is 0 Å². The van der Waals surface area contributed by atoms with E-state index in [4.69, 9.17) is 5.40 Å². The van der Waals surface area contributed by atoms with Crippen molar-refractivity contribution in [2.45, 2.75) is 6.55 Å². The van der Waals surface area contributed by atoms with Crippen LogP contribution in [0.3, 0.4) is 0 Å². The molecule has 0 bridgehead atoms. The molecule has 0 spiro atoms. The Kier molecular flexibility index (Phi) is 3.73. The van der Waals surface area contributed by atoms with Gasteiger partial charge in [0, 0.05) is 9.04 Å². The zero-order valence-corrected chi connectivity index (χ0v) is 5.82. The van der Waals surface area contributed by atoms with E-state index in [1.807, 2.05) is 0 Å². The van der Waals surface area contributed by atoms with E-state index < -0.39 is 0 Å². The van der Waals surface area contributed by atoms with Crippen molar-refractivity contribution in [2.75, 3.05) is 0 Å². The Balaban J connectivity index is 1.97. The van der Waals surface area contributed by atoms with Gasteiger partial charge >= 0.3 is 0 Å². The van der Waals surface area contributed by atoms with Crippen LogP contribution in [0.2, 0.25) is 6.55 Å². The third-order valence-corrected chi connectivity index (χ3v) is 2.60. The van der Waals surface area contributed by atoms with Crippen molar-refractivity contribution in [3.63, 3.8) is 0 Å². The first-order valence-corrected chi connectivity index (χ1v) is 7.85. The summed E-state index contributed by atoms with van der Waals surface area (Å²) in [6.07, 6.45) is 0. The maximum Gasteiger partial charge on any atom is 0.0725 e. The fourth-order valence-electron chi connectivity index (χ4n) is 0. The molecule has 0 amide bonds. The number of nitrogens with two attached hydrogens (primary N) is 1. The topological polar surface area (TPSA) is 26.0 Å². The van der Waals surface area contributed by atoms with Crippen molar-refractivity contribution < 1.29 is 0 Å². The molecule has 2 N–H and O–H groups in total. The van der Waals surface area contributed by atoms with Gasteiger partial charge in [-0.15, -0.1) is 0 Å². The molecule has 1 nitrogen and oxygen atoms in total. The van der Waals surface area contributed by atoms with Crippen LogP contribution >= 0.6 is 0 Å². The van der Waals surface area contributed by atoms with E-state index in [1.54, 1.807) is 0 Å². The fourth-order valence-corrected chi connectivity index (χ4v) is 0. The summed E-state index contributed by atoms with van der Waals surface area (Å²) in [4.78, 5) is 0. The molecule has 0 radical (unpaired) electrons. The lowest BCUT2D eigenvalue weighted by Gasteiger charge is -1.65. The van der Waals surface area contributed by atoms with E-state index in [0.29, 0.717) is 9.04 Å². The van der Waals surface area contributed by atoms with E-state index in [1.165, 1.54) is 0 Å². The second kappa shape index (κ2) is 3.39. The molecule has 0 fully saturated rings. The summed E-state index contributed by atoms with van der Waals surface area (Å²) >= 11 is 0. The molecule has 0 aromatic carbocycles. The first-order chi connectivity index (χ1) is 1.91. The molecule has 0 saturated heterocycles. The molecule has 26 valence electrons. The average Bonchev–Trinajstić information content (AvgIpc) is 1.37. The molecule has 0 aromatic heterocycles. The average molecular weight is 91.3 g/mol. The van der Waals surface area contributed by atoms with E-state index >= 15 is 0 Å². The lowest BCUT2D eigenvalue weighted by molar-refractivity contribution is 1.97. The van der Waals surface area contributed by atoms with Gasteiger partial charge in [0.15, 0.2) is 0 Å². The minimum atomic E-state index is 0.0633. The van der Waals surface area contributed by atoms with E-state index in [2.05, 4.69) is 6.55 Å². The van der Waals surface area contributed by atoms with E-state index in [-0.39, 0.29) is 9.20 Å². The molecule has 3 heteroatoms. The predicted octanol–water partition coefficient (Wildman–Crippen LogP) is -1.84. The second-order valence-corrected chi connectivity index (χ2v) is 7.10. The quantitative estimate of drug-likeness (QED) is 0.377.